The molecule has 2 aromatic carbocycles. The molecular weight excluding hydrogens is 358 g/mol. The Bertz CT molecular complexity index is 917. The number of nitriles is 1. The minimum atomic E-state index is -3.77. The van der Waals surface area contributed by atoms with Crippen molar-refractivity contribution in [2.24, 2.45) is 5.41 Å². The van der Waals surface area contributed by atoms with E-state index in [4.69, 9.17) is 11.6 Å². The number of hydrogen-bond acceptors (Lipinski definition) is 4. The molecule has 1 aliphatic rings. The predicted molar refractivity (Wildman–Crippen MR) is 96.1 cm³/mol. The molecule has 3 rings (SSSR count). The number of nitrogens with zero attached hydrogens (tertiary/aromatic N) is 1. The van der Waals surface area contributed by atoms with Gasteiger partial charge >= 0.3 is 0 Å². The van der Waals surface area contributed by atoms with Gasteiger partial charge in [0.2, 0.25) is 0 Å². The zero-order valence-electron chi connectivity index (χ0n) is 13.7. The van der Waals surface area contributed by atoms with Crippen LogP contribution in [-0.4, -0.2) is 25.4 Å². The van der Waals surface area contributed by atoms with Crippen LogP contribution in [0.1, 0.15) is 24.0 Å². The maximum absolute atomic E-state index is 13.0. The van der Waals surface area contributed by atoms with Gasteiger partial charge in [-0.25, -0.2) is 8.42 Å². The molecular formula is C19H18ClNO3S. The van der Waals surface area contributed by atoms with E-state index in [9.17, 15) is 18.8 Å². The highest BCUT2D eigenvalue weighted by Gasteiger charge is 2.72. The number of hydrogen-bond donors (Lipinski definition) is 1. The van der Waals surface area contributed by atoms with Crippen LogP contribution in [0.4, 0.5) is 0 Å². The van der Waals surface area contributed by atoms with Crippen molar-refractivity contribution in [3.63, 3.8) is 0 Å². The lowest BCUT2D eigenvalue weighted by atomic mass is 10.00. The van der Waals surface area contributed by atoms with Gasteiger partial charge in [0.25, 0.3) is 0 Å². The molecule has 1 saturated carbocycles. The maximum Gasteiger partial charge on any atom is 0.183 e. The van der Waals surface area contributed by atoms with Crippen LogP contribution in [0, 0.1) is 16.7 Å². The smallest absolute Gasteiger partial charge is 0.183 e. The normalized spacial score (nSPS) is 25.4. The lowest BCUT2D eigenvalue weighted by Gasteiger charge is -2.06. The summed E-state index contributed by atoms with van der Waals surface area (Å²) in [5, 5.41) is 18.9. The summed E-state index contributed by atoms with van der Waals surface area (Å²) in [5.41, 5.74) is 0.579. The fourth-order valence-electron chi connectivity index (χ4n) is 3.42. The molecule has 0 amide bonds. The highest BCUT2D eigenvalue weighted by atomic mass is 35.5. The van der Waals surface area contributed by atoms with Crippen molar-refractivity contribution in [2.75, 3.05) is 6.61 Å². The van der Waals surface area contributed by atoms with E-state index in [1.54, 1.807) is 0 Å². The van der Waals surface area contributed by atoms with Gasteiger partial charge in [0.1, 0.15) is 5.41 Å². The van der Waals surface area contributed by atoms with Crippen LogP contribution >= 0.6 is 11.6 Å². The summed E-state index contributed by atoms with van der Waals surface area (Å²) in [7, 11) is -3.77. The molecule has 1 aliphatic carbocycles. The Kier molecular flexibility index (Phi) is 4.63. The summed E-state index contributed by atoms with van der Waals surface area (Å²) in [5.74, 6) is -0.547. The monoisotopic (exact) mass is 375 g/mol. The number of aliphatic hydroxyl groups is 1. The van der Waals surface area contributed by atoms with E-state index in [1.165, 1.54) is 24.3 Å². The molecule has 4 nitrogen and oxygen atoms in total. The molecule has 0 unspecified atom stereocenters. The Morgan fingerprint density at radius 3 is 2.24 bits per heavy atom. The Labute approximate surface area is 152 Å². The highest BCUT2D eigenvalue weighted by molar-refractivity contribution is 7.92. The van der Waals surface area contributed by atoms with Crippen molar-refractivity contribution in [3.8, 4) is 6.07 Å². The summed E-state index contributed by atoms with van der Waals surface area (Å²) in [6.45, 7) is 1.54. The second-order valence-corrected chi connectivity index (χ2v) is 8.81. The van der Waals surface area contributed by atoms with E-state index in [2.05, 4.69) is 6.07 Å². The summed E-state index contributed by atoms with van der Waals surface area (Å²) >= 11 is 5.83. The molecule has 1 fully saturated rings. The SMILES string of the molecule is CCc1ccc([C@H]2[C@@H](S(=O)(=O)c3ccc(Cl)cc3)[C@@]2(C#N)CO)cc1. The largest absolute Gasteiger partial charge is 0.395 e. The third kappa shape index (κ3) is 2.85. The van der Waals surface area contributed by atoms with Gasteiger partial charge in [-0.05, 0) is 41.8 Å². The standard InChI is InChI=1S/C19H18ClNO3S/c1-2-13-3-5-14(6-4-13)17-18(19(17,11-21)12-22)25(23,24)16-9-7-15(20)8-10-16/h3-10,17-18,22H,2,12H2,1H3/t17-,18+,19-/m0/s1. The summed E-state index contributed by atoms with van der Waals surface area (Å²) in [6.07, 6.45) is 0.876. The number of benzene rings is 2. The van der Waals surface area contributed by atoms with Gasteiger partial charge in [-0.3, -0.25) is 0 Å². The average Bonchev–Trinajstić information content (AvgIpc) is 3.33. The lowest BCUT2D eigenvalue weighted by molar-refractivity contribution is 0.242. The van der Waals surface area contributed by atoms with Gasteiger partial charge in [-0.15, -0.1) is 0 Å². The summed E-state index contributed by atoms with van der Waals surface area (Å²) in [6, 6.07) is 15.5. The second-order valence-electron chi connectivity index (χ2n) is 6.30. The van der Waals surface area contributed by atoms with Crippen LogP contribution < -0.4 is 0 Å². The second kappa shape index (κ2) is 6.45. The van der Waals surface area contributed by atoms with Gasteiger partial charge in [0, 0.05) is 10.9 Å². The molecule has 0 aliphatic heterocycles. The topological polar surface area (TPSA) is 78.2 Å². The summed E-state index contributed by atoms with van der Waals surface area (Å²) in [4.78, 5) is 0.114. The van der Waals surface area contributed by atoms with E-state index in [0.29, 0.717) is 5.02 Å². The number of aliphatic hydroxyl groups excluding tert-OH is 1. The third-order valence-electron chi connectivity index (χ3n) is 4.95. The summed E-state index contributed by atoms with van der Waals surface area (Å²) < 4.78 is 26.1. The van der Waals surface area contributed by atoms with Crippen LogP contribution in [0.3, 0.4) is 0 Å². The zero-order valence-corrected chi connectivity index (χ0v) is 15.3. The third-order valence-corrected chi connectivity index (χ3v) is 7.49. The molecule has 0 aromatic heterocycles. The fourth-order valence-corrected chi connectivity index (χ4v) is 5.86. The Morgan fingerprint density at radius 1 is 1.16 bits per heavy atom. The molecule has 25 heavy (non-hydrogen) atoms. The first kappa shape index (κ1) is 17.9. The average molecular weight is 376 g/mol. The zero-order chi connectivity index (χ0) is 18.2. The first-order chi connectivity index (χ1) is 11.9. The van der Waals surface area contributed by atoms with Crippen LogP contribution in [0.25, 0.3) is 0 Å². The molecule has 3 atom stereocenters. The predicted octanol–water partition coefficient (Wildman–Crippen LogP) is 3.34. The number of halogens is 1. The number of rotatable bonds is 5. The first-order valence-corrected chi connectivity index (χ1v) is 9.93. The molecule has 2 aromatic rings. The Hall–Kier alpha value is -1.87. The quantitative estimate of drug-likeness (QED) is 0.869. The van der Waals surface area contributed by atoms with Crippen LogP contribution in [-0.2, 0) is 16.3 Å². The van der Waals surface area contributed by atoms with Crippen molar-refractivity contribution in [2.45, 2.75) is 29.4 Å². The van der Waals surface area contributed by atoms with Gasteiger partial charge < -0.3 is 5.11 Å². The molecule has 0 bridgehead atoms. The molecule has 0 spiro atoms. The van der Waals surface area contributed by atoms with E-state index in [-0.39, 0.29) is 4.90 Å². The van der Waals surface area contributed by atoms with Crippen molar-refractivity contribution in [1.82, 2.24) is 0 Å². The van der Waals surface area contributed by atoms with E-state index >= 15 is 0 Å². The molecule has 0 radical (unpaired) electrons. The minimum Gasteiger partial charge on any atom is -0.395 e. The minimum absolute atomic E-state index is 0.114. The Balaban J connectivity index is 2.04. The number of aryl methyl sites for hydroxylation is 1. The molecule has 130 valence electrons. The maximum atomic E-state index is 13.0. The molecule has 0 heterocycles. The van der Waals surface area contributed by atoms with Crippen LogP contribution in [0.2, 0.25) is 5.02 Å². The van der Waals surface area contributed by atoms with Crippen LogP contribution in [0.5, 0.6) is 0 Å². The molecule has 0 saturated heterocycles. The first-order valence-electron chi connectivity index (χ1n) is 8.01. The van der Waals surface area contributed by atoms with E-state index in [0.717, 1.165) is 17.5 Å². The van der Waals surface area contributed by atoms with Crippen molar-refractivity contribution < 1.29 is 13.5 Å². The van der Waals surface area contributed by atoms with E-state index in [1.807, 2.05) is 31.2 Å². The molecule has 6 heteroatoms. The van der Waals surface area contributed by atoms with Gasteiger partial charge in [-0.1, -0.05) is 42.8 Å². The molecule has 1 N–H and O–H groups in total. The van der Waals surface area contributed by atoms with Gasteiger partial charge in [0.15, 0.2) is 9.84 Å². The van der Waals surface area contributed by atoms with Gasteiger partial charge in [-0.2, -0.15) is 5.26 Å². The fraction of sp³-hybridized carbons (Fsp3) is 0.316. The number of sulfone groups is 1. The highest BCUT2D eigenvalue weighted by Crippen LogP contribution is 2.63. The van der Waals surface area contributed by atoms with E-state index < -0.39 is 33.0 Å². The Morgan fingerprint density at radius 2 is 1.76 bits per heavy atom. The van der Waals surface area contributed by atoms with Crippen molar-refractivity contribution >= 4 is 21.4 Å². The van der Waals surface area contributed by atoms with Gasteiger partial charge in [0.05, 0.1) is 22.8 Å². The lowest BCUT2D eigenvalue weighted by Crippen LogP contribution is -2.18. The van der Waals surface area contributed by atoms with Crippen molar-refractivity contribution in [3.05, 3.63) is 64.7 Å². The van der Waals surface area contributed by atoms with Crippen LogP contribution in [0.15, 0.2) is 53.4 Å². The van der Waals surface area contributed by atoms with Crippen molar-refractivity contribution in [1.29, 1.82) is 5.26 Å².